The maximum Gasteiger partial charge on any atom is 0.343 e. The predicted octanol–water partition coefficient (Wildman–Crippen LogP) is 3.11. The fraction of sp³-hybridized carbons (Fsp3) is 0.318. The highest BCUT2D eigenvalue weighted by Gasteiger charge is 2.29. The molecule has 2 aromatic carbocycles. The monoisotopic (exact) mass is 466 g/mol. The Morgan fingerprint density at radius 1 is 1.12 bits per heavy atom. The number of tetrazole rings is 1. The molecule has 0 amide bonds. The van der Waals surface area contributed by atoms with E-state index in [2.05, 4.69) is 26.9 Å². The van der Waals surface area contributed by atoms with Gasteiger partial charge in [0, 0.05) is 25.3 Å². The SMILES string of the molecule is COP(=O)(CNC(Cc1ccc2c(c1)C(=O)c1ccccc1-2)c1nnnn1CCC#N)OC. The van der Waals surface area contributed by atoms with Gasteiger partial charge in [-0.2, -0.15) is 5.26 Å². The molecule has 0 saturated carbocycles. The Kier molecular flexibility index (Phi) is 6.77. The van der Waals surface area contributed by atoms with Gasteiger partial charge < -0.3 is 9.05 Å². The van der Waals surface area contributed by atoms with E-state index in [9.17, 15) is 9.36 Å². The van der Waals surface area contributed by atoms with Crippen molar-refractivity contribution in [3.8, 4) is 17.2 Å². The quantitative estimate of drug-likeness (QED) is 0.350. The molecule has 0 radical (unpaired) electrons. The van der Waals surface area contributed by atoms with Gasteiger partial charge in [0.1, 0.15) is 0 Å². The molecule has 33 heavy (non-hydrogen) atoms. The van der Waals surface area contributed by atoms with Crippen molar-refractivity contribution in [2.45, 2.75) is 25.4 Å². The molecule has 11 heteroatoms. The Bertz CT molecular complexity index is 1260. The van der Waals surface area contributed by atoms with Gasteiger partial charge in [-0.1, -0.05) is 36.4 Å². The highest BCUT2D eigenvalue weighted by Crippen LogP contribution is 2.45. The van der Waals surface area contributed by atoms with Crippen LogP contribution in [0.15, 0.2) is 42.5 Å². The lowest BCUT2D eigenvalue weighted by Crippen LogP contribution is -2.28. The van der Waals surface area contributed by atoms with Crippen molar-refractivity contribution in [1.29, 1.82) is 5.26 Å². The minimum absolute atomic E-state index is 0.00548. The molecular weight excluding hydrogens is 443 g/mol. The van der Waals surface area contributed by atoms with Crippen molar-refractivity contribution < 1.29 is 18.4 Å². The maximum absolute atomic E-state index is 12.9. The number of hydrogen-bond acceptors (Lipinski definition) is 9. The molecule has 3 aromatic rings. The summed E-state index contributed by atoms with van der Waals surface area (Å²) < 4.78 is 24.2. The van der Waals surface area contributed by atoms with E-state index in [-0.39, 0.29) is 18.5 Å². The first-order valence-corrected chi connectivity index (χ1v) is 12.1. The third-order valence-corrected chi connectivity index (χ3v) is 7.31. The summed E-state index contributed by atoms with van der Waals surface area (Å²) in [5.74, 6) is 0.480. The first kappa shape index (κ1) is 23.0. The van der Waals surface area contributed by atoms with Gasteiger partial charge in [0.25, 0.3) is 0 Å². The van der Waals surface area contributed by atoms with E-state index in [1.165, 1.54) is 14.2 Å². The number of nitrogens with zero attached hydrogens (tertiary/aromatic N) is 5. The number of ketones is 1. The number of carbonyl (C=O) groups is 1. The van der Waals surface area contributed by atoms with E-state index < -0.39 is 13.6 Å². The van der Waals surface area contributed by atoms with Gasteiger partial charge in [0.05, 0.1) is 31.4 Å². The predicted molar refractivity (Wildman–Crippen MR) is 119 cm³/mol. The van der Waals surface area contributed by atoms with Crippen molar-refractivity contribution in [3.63, 3.8) is 0 Å². The molecule has 4 rings (SSSR count). The molecule has 1 N–H and O–H groups in total. The van der Waals surface area contributed by atoms with Crippen LogP contribution in [0.4, 0.5) is 0 Å². The van der Waals surface area contributed by atoms with Crippen LogP contribution in [0.5, 0.6) is 0 Å². The summed E-state index contributed by atoms with van der Waals surface area (Å²) in [6.45, 7) is 0.321. The molecule has 170 valence electrons. The van der Waals surface area contributed by atoms with Crippen LogP contribution in [-0.2, 0) is 26.6 Å². The van der Waals surface area contributed by atoms with E-state index in [4.69, 9.17) is 14.3 Å². The van der Waals surface area contributed by atoms with Crippen molar-refractivity contribution in [1.82, 2.24) is 25.5 Å². The average molecular weight is 466 g/mol. The number of benzene rings is 2. The molecule has 1 aromatic heterocycles. The molecule has 0 fully saturated rings. The third-order valence-electron chi connectivity index (χ3n) is 5.62. The Labute approximate surface area is 191 Å². The van der Waals surface area contributed by atoms with Crippen LogP contribution in [0, 0.1) is 11.3 Å². The summed E-state index contributed by atoms with van der Waals surface area (Å²) in [7, 11) is -0.694. The van der Waals surface area contributed by atoms with Gasteiger partial charge >= 0.3 is 7.60 Å². The number of carbonyl (C=O) groups excluding carboxylic acids is 1. The number of hydrogen-bond donors (Lipinski definition) is 1. The summed E-state index contributed by atoms with van der Waals surface area (Å²) in [5, 5.41) is 24.0. The Morgan fingerprint density at radius 3 is 2.58 bits per heavy atom. The molecule has 1 aliphatic rings. The fourth-order valence-electron chi connectivity index (χ4n) is 3.89. The number of aromatic nitrogens is 4. The van der Waals surface area contributed by atoms with E-state index in [0.717, 1.165) is 16.7 Å². The van der Waals surface area contributed by atoms with Gasteiger partial charge in [0.2, 0.25) is 0 Å². The molecule has 1 atom stereocenters. The normalized spacial score (nSPS) is 13.4. The standard InChI is InChI=1S/C22H23N6O4P/c1-31-33(30,32-2)14-24-20(22-25-26-27-28(22)11-5-10-23)13-15-8-9-17-16-6-3-4-7-18(16)21(29)19(17)12-15/h3-4,6-9,12,20,24H,5,11,13-14H2,1-2H3. The third kappa shape index (κ3) is 4.63. The minimum atomic E-state index is -3.34. The van der Waals surface area contributed by atoms with Crippen molar-refractivity contribution >= 4 is 13.4 Å². The first-order valence-electron chi connectivity index (χ1n) is 10.3. The van der Waals surface area contributed by atoms with Gasteiger partial charge in [-0.25, -0.2) is 4.68 Å². The van der Waals surface area contributed by atoms with Crippen LogP contribution >= 0.6 is 7.60 Å². The van der Waals surface area contributed by atoms with E-state index in [0.29, 0.717) is 29.9 Å². The van der Waals surface area contributed by atoms with Crippen molar-refractivity contribution in [2.75, 3.05) is 20.5 Å². The second kappa shape index (κ2) is 9.73. The second-order valence-corrected chi connectivity index (χ2v) is 9.79. The molecular formula is C22H23N6O4P. The highest BCUT2D eigenvalue weighted by molar-refractivity contribution is 7.53. The molecule has 1 aliphatic carbocycles. The van der Waals surface area contributed by atoms with E-state index in [1.54, 1.807) is 4.68 Å². The van der Waals surface area contributed by atoms with Crippen molar-refractivity contribution in [3.05, 3.63) is 65.0 Å². The molecule has 1 heterocycles. The van der Waals surface area contributed by atoms with Gasteiger partial charge in [-0.15, -0.1) is 5.10 Å². The van der Waals surface area contributed by atoms with Crippen LogP contribution in [0.3, 0.4) is 0 Å². The first-order chi connectivity index (χ1) is 16.0. The Morgan fingerprint density at radius 2 is 1.85 bits per heavy atom. The topological polar surface area (TPSA) is 132 Å². The number of rotatable bonds is 10. The maximum atomic E-state index is 12.9. The number of nitrogens with one attached hydrogen (secondary N) is 1. The highest BCUT2D eigenvalue weighted by atomic mass is 31.2. The minimum Gasteiger partial charge on any atom is -0.311 e. The van der Waals surface area contributed by atoms with Crippen LogP contribution in [-0.4, -0.2) is 46.5 Å². The second-order valence-electron chi connectivity index (χ2n) is 7.52. The van der Waals surface area contributed by atoms with Crippen LogP contribution < -0.4 is 5.32 Å². The van der Waals surface area contributed by atoms with Crippen molar-refractivity contribution in [2.24, 2.45) is 0 Å². The molecule has 0 aliphatic heterocycles. The number of aryl methyl sites for hydroxylation is 1. The van der Waals surface area contributed by atoms with Crippen LogP contribution in [0.25, 0.3) is 11.1 Å². The zero-order valence-corrected chi connectivity index (χ0v) is 19.2. The van der Waals surface area contributed by atoms with E-state index >= 15 is 0 Å². The van der Waals surface area contributed by atoms with Crippen LogP contribution in [0.1, 0.15) is 39.8 Å². The fourth-order valence-corrected chi connectivity index (χ4v) is 4.75. The summed E-state index contributed by atoms with van der Waals surface area (Å²) in [6, 6.07) is 14.9. The molecule has 1 unspecified atom stereocenters. The Hall–Kier alpha value is -3.22. The molecule has 0 bridgehead atoms. The summed E-state index contributed by atoms with van der Waals surface area (Å²) in [5.41, 5.74) is 4.06. The molecule has 0 spiro atoms. The zero-order valence-electron chi connectivity index (χ0n) is 18.3. The largest absolute Gasteiger partial charge is 0.343 e. The molecule has 10 nitrogen and oxygen atoms in total. The van der Waals surface area contributed by atoms with Gasteiger partial charge in [-0.05, 0) is 39.6 Å². The molecule has 0 saturated heterocycles. The smallest absolute Gasteiger partial charge is 0.311 e. The Balaban J connectivity index is 1.63. The lowest BCUT2D eigenvalue weighted by molar-refractivity contribution is 0.104. The number of nitriles is 1. The lowest BCUT2D eigenvalue weighted by Gasteiger charge is -2.21. The number of fused-ring (bicyclic) bond motifs is 3. The summed E-state index contributed by atoms with van der Waals surface area (Å²) in [4.78, 5) is 12.9. The summed E-state index contributed by atoms with van der Waals surface area (Å²) >= 11 is 0. The lowest BCUT2D eigenvalue weighted by atomic mass is 9.99. The van der Waals surface area contributed by atoms with E-state index in [1.807, 2.05) is 42.5 Å². The zero-order chi connectivity index (χ0) is 23.4. The summed E-state index contributed by atoms with van der Waals surface area (Å²) in [6.07, 6.45) is 0.591. The van der Waals surface area contributed by atoms with Gasteiger partial charge in [-0.3, -0.25) is 14.7 Å². The average Bonchev–Trinajstić information content (AvgIpc) is 3.43. The van der Waals surface area contributed by atoms with Crippen LogP contribution in [0.2, 0.25) is 0 Å². The van der Waals surface area contributed by atoms with Gasteiger partial charge in [0.15, 0.2) is 11.6 Å².